The minimum Gasteiger partial charge on any atom is -0.305 e. The van der Waals surface area contributed by atoms with E-state index >= 15 is 0 Å². The van der Waals surface area contributed by atoms with Gasteiger partial charge in [-0.2, -0.15) is 13.2 Å². The van der Waals surface area contributed by atoms with E-state index < -0.39 is 27.0 Å². The van der Waals surface area contributed by atoms with Crippen molar-refractivity contribution >= 4 is 10.0 Å². The summed E-state index contributed by atoms with van der Waals surface area (Å²) in [5, 5.41) is 4.66. The summed E-state index contributed by atoms with van der Waals surface area (Å²) < 4.78 is 62.1. The Morgan fingerprint density at radius 1 is 1.10 bits per heavy atom. The molecule has 1 aliphatic heterocycles. The first-order valence-electron chi connectivity index (χ1n) is 9.43. The molecule has 2 aromatic carbocycles. The molecular weight excluding hydrogens is 401 g/mol. The molecule has 3 atom stereocenters. The van der Waals surface area contributed by atoms with Crippen LogP contribution < -0.4 is 5.14 Å². The highest BCUT2D eigenvalue weighted by atomic mass is 32.2. The van der Waals surface area contributed by atoms with Crippen LogP contribution in [0.15, 0.2) is 48.5 Å². The number of alkyl halides is 3. The smallest absolute Gasteiger partial charge is 0.305 e. The van der Waals surface area contributed by atoms with Crippen LogP contribution >= 0.6 is 0 Å². The molecule has 0 amide bonds. The number of halogens is 3. The quantitative estimate of drug-likeness (QED) is 0.784. The number of nitrogens with two attached hydrogens (primary N) is 1. The van der Waals surface area contributed by atoms with Gasteiger partial charge in [-0.1, -0.05) is 36.4 Å². The Morgan fingerprint density at radius 3 is 2.34 bits per heavy atom. The van der Waals surface area contributed by atoms with E-state index in [0.717, 1.165) is 30.8 Å². The lowest BCUT2D eigenvalue weighted by molar-refractivity contribution is -0.137. The first-order chi connectivity index (χ1) is 13.4. The summed E-state index contributed by atoms with van der Waals surface area (Å²) in [6.45, 7) is 3.20. The topological polar surface area (TPSA) is 63.4 Å². The molecule has 1 heterocycles. The minimum atomic E-state index is -4.38. The van der Waals surface area contributed by atoms with E-state index in [4.69, 9.17) is 5.14 Å². The van der Waals surface area contributed by atoms with Crippen LogP contribution in [0.25, 0.3) is 11.1 Å². The van der Waals surface area contributed by atoms with E-state index in [9.17, 15) is 21.6 Å². The average molecular weight is 427 g/mol. The Labute approximate surface area is 169 Å². The van der Waals surface area contributed by atoms with Crippen LogP contribution in [0.3, 0.4) is 0 Å². The Kier molecular flexibility index (Phi) is 6.08. The summed E-state index contributed by atoms with van der Waals surface area (Å²) in [5.41, 5.74) is 1.60. The third-order valence-electron chi connectivity index (χ3n) is 5.68. The lowest BCUT2D eigenvalue weighted by Gasteiger charge is -2.21. The Hall–Kier alpha value is -1.90. The molecular formula is C21H25F3N2O2S. The lowest BCUT2D eigenvalue weighted by Crippen LogP contribution is -2.29. The second-order valence-corrected chi connectivity index (χ2v) is 9.91. The molecule has 1 saturated heterocycles. The average Bonchev–Trinajstić information content (AvgIpc) is 3.01. The fraction of sp³-hybridized carbons (Fsp3) is 0.429. The van der Waals surface area contributed by atoms with Crippen molar-refractivity contribution in [2.75, 3.05) is 20.1 Å². The molecule has 3 rings (SSSR count). The lowest BCUT2D eigenvalue weighted by atomic mass is 9.85. The number of likely N-dealkylation sites (tertiary alicyclic amines) is 1. The van der Waals surface area contributed by atoms with E-state index in [1.54, 1.807) is 13.0 Å². The number of sulfonamides is 1. The summed E-state index contributed by atoms with van der Waals surface area (Å²) in [6, 6.07) is 12.8. The van der Waals surface area contributed by atoms with Gasteiger partial charge in [-0.15, -0.1) is 0 Å². The van der Waals surface area contributed by atoms with Crippen molar-refractivity contribution in [2.24, 2.45) is 11.1 Å². The third kappa shape index (κ3) is 5.18. The number of likely N-dealkylation sites (N-methyl/N-ethyl adjacent to an activating group) is 1. The fourth-order valence-electron chi connectivity index (χ4n) is 4.06. The Morgan fingerprint density at radius 2 is 1.76 bits per heavy atom. The number of primary sulfonamides is 1. The van der Waals surface area contributed by atoms with Gasteiger partial charge >= 0.3 is 6.18 Å². The first-order valence-corrected chi connectivity index (χ1v) is 11.0. The van der Waals surface area contributed by atoms with Crippen molar-refractivity contribution in [1.29, 1.82) is 0 Å². The van der Waals surface area contributed by atoms with Gasteiger partial charge in [-0.3, -0.25) is 0 Å². The Balaban J connectivity index is 1.82. The maximum absolute atomic E-state index is 13.0. The second-order valence-electron chi connectivity index (χ2n) is 7.92. The van der Waals surface area contributed by atoms with Crippen LogP contribution in [0.2, 0.25) is 0 Å². The van der Waals surface area contributed by atoms with Crippen LogP contribution in [-0.4, -0.2) is 38.7 Å². The molecule has 0 radical (unpaired) electrons. The zero-order valence-electron chi connectivity index (χ0n) is 16.4. The molecule has 0 saturated carbocycles. The van der Waals surface area contributed by atoms with Crippen LogP contribution in [0.1, 0.15) is 30.4 Å². The summed E-state index contributed by atoms with van der Waals surface area (Å²) in [7, 11) is -1.59. The van der Waals surface area contributed by atoms with Crippen LogP contribution in [0.5, 0.6) is 0 Å². The number of rotatable bonds is 5. The van der Waals surface area contributed by atoms with Gasteiger partial charge in [-0.05, 0) is 55.1 Å². The van der Waals surface area contributed by atoms with Gasteiger partial charge in [0.15, 0.2) is 0 Å². The van der Waals surface area contributed by atoms with E-state index in [1.165, 1.54) is 6.07 Å². The Bertz CT molecular complexity index is 959. The summed E-state index contributed by atoms with van der Waals surface area (Å²) in [4.78, 5) is 2.16. The zero-order valence-corrected chi connectivity index (χ0v) is 17.2. The highest BCUT2D eigenvalue weighted by molar-refractivity contribution is 7.89. The monoisotopic (exact) mass is 426 g/mol. The molecule has 2 aromatic rings. The second kappa shape index (κ2) is 8.08. The van der Waals surface area contributed by atoms with Gasteiger partial charge in [0.1, 0.15) is 0 Å². The summed E-state index contributed by atoms with van der Waals surface area (Å²) in [5.74, 6) is 0.299. The van der Waals surface area contributed by atoms with Crippen LogP contribution in [0.4, 0.5) is 13.2 Å². The van der Waals surface area contributed by atoms with Gasteiger partial charge in [-0.25, -0.2) is 13.6 Å². The first kappa shape index (κ1) is 21.8. The number of benzene rings is 2. The van der Waals surface area contributed by atoms with Crippen LogP contribution in [0, 0.1) is 5.92 Å². The molecule has 0 bridgehead atoms. The van der Waals surface area contributed by atoms with Gasteiger partial charge in [0, 0.05) is 19.0 Å². The number of hydrogen-bond donors (Lipinski definition) is 1. The van der Waals surface area contributed by atoms with Crippen molar-refractivity contribution in [3.05, 3.63) is 59.7 Å². The summed E-state index contributed by atoms with van der Waals surface area (Å²) in [6.07, 6.45) is -3.90. The molecule has 0 spiro atoms. The molecule has 0 aromatic heterocycles. The molecule has 4 nitrogen and oxygen atoms in total. The van der Waals surface area contributed by atoms with Gasteiger partial charge < -0.3 is 4.90 Å². The van der Waals surface area contributed by atoms with Crippen molar-refractivity contribution < 1.29 is 21.6 Å². The largest absolute Gasteiger partial charge is 0.416 e. The van der Waals surface area contributed by atoms with Crippen molar-refractivity contribution in [3.63, 3.8) is 0 Å². The van der Waals surface area contributed by atoms with Crippen molar-refractivity contribution in [3.8, 4) is 11.1 Å². The molecule has 0 aliphatic carbocycles. The predicted octanol–water partition coefficient (Wildman–Crippen LogP) is 4.08. The predicted molar refractivity (Wildman–Crippen MR) is 108 cm³/mol. The molecule has 1 aliphatic rings. The van der Waals surface area contributed by atoms with E-state index in [2.05, 4.69) is 4.90 Å². The summed E-state index contributed by atoms with van der Waals surface area (Å²) >= 11 is 0. The van der Waals surface area contributed by atoms with Crippen LogP contribution in [-0.2, 0) is 16.2 Å². The number of nitrogens with zero attached hydrogens (tertiary/aromatic N) is 1. The SMILES string of the molecule is CC(CC1CN(C)CC1c1ccc(-c2cccc(C(F)(F)F)c2)cc1)S(N)(=O)=O. The maximum Gasteiger partial charge on any atom is 0.416 e. The molecule has 3 unspecified atom stereocenters. The fourth-order valence-corrected chi connectivity index (χ4v) is 4.58. The molecule has 2 N–H and O–H groups in total. The van der Waals surface area contributed by atoms with Gasteiger partial charge in [0.25, 0.3) is 0 Å². The molecule has 8 heteroatoms. The molecule has 29 heavy (non-hydrogen) atoms. The standard InChI is InChI=1S/C21H25F3N2O2S/c1-14(29(25,27)28)10-18-12-26(2)13-20(18)16-8-6-15(7-9-16)17-4-3-5-19(11-17)21(22,23)24/h3-9,11,14,18,20H,10,12-13H2,1-2H3,(H2,25,27,28). The van der Waals surface area contributed by atoms with Gasteiger partial charge in [0.05, 0.1) is 10.8 Å². The van der Waals surface area contributed by atoms with E-state index in [0.29, 0.717) is 17.5 Å². The molecule has 1 fully saturated rings. The third-order valence-corrected chi connectivity index (χ3v) is 7.00. The maximum atomic E-state index is 13.0. The van der Waals surface area contributed by atoms with E-state index in [1.807, 2.05) is 31.3 Å². The van der Waals surface area contributed by atoms with Crippen molar-refractivity contribution in [2.45, 2.75) is 30.7 Å². The minimum absolute atomic E-state index is 0.146. The van der Waals surface area contributed by atoms with Crippen molar-refractivity contribution in [1.82, 2.24) is 4.90 Å². The molecule has 158 valence electrons. The van der Waals surface area contributed by atoms with Gasteiger partial charge in [0.2, 0.25) is 10.0 Å². The zero-order chi connectivity index (χ0) is 21.4. The normalized spacial score (nSPS) is 22.0. The number of hydrogen-bond acceptors (Lipinski definition) is 3. The highest BCUT2D eigenvalue weighted by Crippen LogP contribution is 2.37. The van der Waals surface area contributed by atoms with E-state index in [-0.39, 0.29) is 11.8 Å². The highest BCUT2D eigenvalue weighted by Gasteiger charge is 2.35.